The molecule has 0 aromatic heterocycles. The fourth-order valence-corrected chi connectivity index (χ4v) is 1.10. The first-order chi connectivity index (χ1) is 5.99. The average Bonchev–Trinajstić information content (AvgIpc) is 2.03. The van der Waals surface area contributed by atoms with Crippen LogP contribution in [0.4, 0.5) is 18.6 Å². The van der Waals surface area contributed by atoms with Gasteiger partial charge in [0.2, 0.25) is 0 Å². The Labute approximate surface area is 124 Å². The molecule has 0 radical (unpaired) electrons. The van der Waals surface area contributed by atoms with Gasteiger partial charge in [-0.05, 0) is 18.6 Å². The van der Waals surface area contributed by atoms with Crippen LogP contribution in [0.1, 0.15) is 0 Å². The van der Waals surface area contributed by atoms with Crippen molar-refractivity contribution in [2.75, 3.05) is 18.4 Å². The maximum Gasteiger partial charge on any atom is 1.00 e. The van der Waals surface area contributed by atoms with E-state index in [1.807, 2.05) is 0 Å². The predicted octanol–water partition coefficient (Wildman–Crippen LogP) is -0.487. The second kappa shape index (κ2) is 6.17. The minimum absolute atomic E-state index is 0. The quantitative estimate of drug-likeness (QED) is 0.630. The standard InChI is InChI=1S/C8H10BF3N.K/c1-13(7-9(10,11)12)8-5-3-2-4-6-8;/h2-6H,7H2,1H3;/q-1;+1. The molecular formula is C8H10BF3KN. The first kappa shape index (κ1) is 14.5. The van der Waals surface area contributed by atoms with Crippen molar-refractivity contribution in [2.24, 2.45) is 0 Å². The monoisotopic (exact) mass is 227 g/mol. The molecule has 0 atom stereocenters. The van der Waals surface area contributed by atoms with Crippen molar-refractivity contribution in [3.05, 3.63) is 30.3 Å². The van der Waals surface area contributed by atoms with Crippen LogP contribution in [0.15, 0.2) is 30.3 Å². The number of rotatable bonds is 3. The van der Waals surface area contributed by atoms with Gasteiger partial charge in [-0.15, -0.1) is 0 Å². The average molecular weight is 227 g/mol. The molecule has 0 unspecified atom stereocenters. The molecule has 0 saturated heterocycles. The maximum absolute atomic E-state index is 12.0. The van der Waals surface area contributed by atoms with Gasteiger partial charge in [0.25, 0.3) is 0 Å². The minimum Gasteiger partial charge on any atom is -0.448 e. The van der Waals surface area contributed by atoms with Crippen LogP contribution in [0.5, 0.6) is 0 Å². The second-order valence-corrected chi connectivity index (χ2v) is 2.93. The smallest absolute Gasteiger partial charge is 0.448 e. The number of halogens is 3. The largest absolute Gasteiger partial charge is 1.00 e. The molecule has 0 amide bonds. The summed E-state index contributed by atoms with van der Waals surface area (Å²) >= 11 is 0. The number of hydrogen-bond acceptors (Lipinski definition) is 1. The summed E-state index contributed by atoms with van der Waals surface area (Å²) in [7, 11) is 1.44. The van der Waals surface area contributed by atoms with Crippen LogP contribution in [0.2, 0.25) is 0 Å². The minimum atomic E-state index is -4.75. The predicted molar refractivity (Wildman–Crippen MR) is 48.8 cm³/mol. The van der Waals surface area contributed by atoms with Gasteiger partial charge in [0.1, 0.15) is 0 Å². The van der Waals surface area contributed by atoms with Crippen LogP contribution in [0.3, 0.4) is 0 Å². The molecule has 0 saturated carbocycles. The maximum atomic E-state index is 12.0. The number of hydrogen-bond donors (Lipinski definition) is 0. The van der Waals surface area contributed by atoms with Gasteiger partial charge in [0.15, 0.2) is 0 Å². The third kappa shape index (κ3) is 5.41. The Kier molecular flexibility index (Phi) is 6.40. The number of benzene rings is 1. The van der Waals surface area contributed by atoms with E-state index in [1.165, 1.54) is 11.9 Å². The van der Waals surface area contributed by atoms with Gasteiger partial charge in [-0.1, -0.05) is 18.2 Å². The molecule has 0 fully saturated rings. The van der Waals surface area contributed by atoms with Gasteiger partial charge in [-0.3, -0.25) is 0 Å². The van der Waals surface area contributed by atoms with Gasteiger partial charge in [0, 0.05) is 12.7 Å². The Morgan fingerprint density at radius 3 is 2.07 bits per heavy atom. The summed E-state index contributed by atoms with van der Waals surface area (Å²) in [5, 5.41) is 0. The topological polar surface area (TPSA) is 3.24 Å². The summed E-state index contributed by atoms with van der Waals surface area (Å²) in [4.78, 5) is 1.19. The Bertz CT molecular complexity index is 265. The van der Waals surface area contributed by atoms with E-state index in [4.69, 9.17) is 0 Å². The van der Waals surface area contributed by atoms with E-state index in [-0.39, 0.29) is 51.4 Å². The zero-order chi connectivity index (χ0) is 9.90. The van der Waals surface area contributed by atoms with Gasteiger partial charge in [0.05, 0.1) is 0 Å². The summed E-state index contributed by atoms with van der Waals surface area (Å²) < 4.78 is 36.0. The third-order valence-electron chi connectivity index (χ3n) is 1.68. The Morgan fingerprint density at radius 2 is 1.64 bits per heavy atom. The van der Waals surface area contributed by atoms with Crippen molar-refractivity contribution in [1.29, 1.82) is 0 Å². The van der Waals surface area contributed by atoms with Crippen LogP contribution in [-0.4, -0.2) is 20.5 Å². The Hall–Kier alpha value is 0.511. The molecule has 1 nitrogen and oxygen atoms in total. The van der Waals surface area contributed by atoms with Gasteiger partial charge in [-0.25, -0.2) is 0 Å². The Balaban J connectivity index is 0.00000169. The van der Waals surface area contributed by atoms with Gasteiger partial charge in [-0.2, -0.15) is 0 Å². The molecule has 0 heterocycles. The number of para-hydroxylation sites is 1. The van der Waals surface area contributed by atoms with Crippen LogP contribution >= 0.6 is 0 Å². The molecule has 0 aliphatic rings. The van der Waals surface area contributed by atoms with Crippen molar-refractivity contribution in [2.45, 2.75) is 0 Å². The zero-order valence-electron chi connectivity index (χ0n) is 8.25. The van der Waals surface area contributed by atoms with Crippen LogP contribution < -0.4 is 56.3 Å². The Morgan fingerprint density at radius 1 is 1.14 bits per heavy atom. The summed E-state index contributed by atoms with van der Waals surface area (Å²) in [5.41, 5.74) is 0.585. The third-order valence-corrected chi connectivity index (χ3v) is 1.68. The van der Waals surface area contributed by atoms with Gasteiger partial charge >= 0.3 is 58.4 Å². The summed E-state index contributed by atoms with van der Waals surface area (Å²) in [6, 6.07) is 8.52. The van der Waals surface area contributed by atoms with E-state index < -0.39 is 13.4 Å². The second-order valence-electron chi connectivity index (χ2n) is 2.93. The molecule has 0 aliphatic carbocycles. The van der Waals surface area contributed by atoms with Crippen molar-refractivity contribution in [3.63, 3.8) is 0 Å². The van der Waals surface area contributed by atoms with E-state index in [2.05, 4.69) is 0 Å². The first-order valence-electron chi connectivity index (χ1n) is 3.96. The van der Waals surface area contributed by atoms with Crippen LogP contribution in [0, 0.1) is 0 Å². The van der Waals surface area contributed by atoms with E-state index >= 15 is 0 Å². The fraction of sp³-hybridized carbons (Fsp3) is 0.250. The SMILES string of the molecule is CN(C[B-](F)(F)F)c1ccccc1.[K+]. The van der Waals surface area contributed by atoms with Crippen LogP contribution in [0.25, 0.3) is 0 Å². The summed E-state index contributed by atoms with van der Waals surface area (Å²) in [5.74, 6) is 0. The summed E-state index contributed by atoms with van der Waals surface area (Å²) in [6.45, 7) is -4.75. The molecule has 0 aliphatic heterocycles. The molecule has 14 heavy (non-hydrogen) atoms. The van der Waals surface area contributed by atoms with E-state index in [0.717, 1.165) is 0 Å². The molecule has 72 valence electrons. The van der Waals surface area contributed by atoms with E-state index in [9.17, 15) is 12.9 Å². The summed E-state index contributed by atoms with van der Waals surface area (Å²) in [6.07, 6.45) is -0.857. The first-order valence-corrected chi connectivity index (χ1v) is 3.96. The molecule has 1 rings (SSSR count). The van der Waals surface area contributed by atoms with Crippen molar-refractivity contribution >= 4 is 12.7 Å². The molecule has 0 N–H and O–H groups in total. The van der Waals surface area contributed by atoms with Gasteiger partial charge < -0.3 is 17.8 Å². The molecular weight excluding hydrogens is 217 g/mol. The number of nitrogens with zero attached hydrogens (tertiary/aromatic N) is 1. The zero-order valence-corrected chi connectivity index (χ0v) is 11.4. The van der Waals surface area contributed by atoms with Crippen molar-refractivity contribution < 1.29 is 64.3 Å². The molecule has 0 bridgehead atoms. The number of anilines is 1. The van der Waals surface area contributed by atoms with Crippen molar-refractivity contribution in [1.82, 2.24) is 0 Å². The molecule has 6 heteroatoms. The van der Waals surface area contributed by atoms with E-state index in [0.29, 0.717) is 5.69 Å². The van der Waals surface area contributed by atoms with E-state index in [1.54, 1.807) is 30.3 Å². The fourth-order valence-electron chi connectivity index (χ4n) is 1.10. The van der Waals surface area contributed by atoms with Crippen molar-refractivity contribution in [3.8, 4) is 0 Å². The molecule has 0 spiro atoms. The molecule has 1 aromatic rings. The normalized spacial score (nSPS) is 10.6. The van der Waals surface area contributed by atoms with Crippen LogP contribution in [-0.2, 0) is 0 Å². The molecule has 1 aromatic carbocycles.